The minimum atomic E-state index is 0.180. The summed E-state index contributed by atoms with van der Waals surface area (Å²) in [4.78, 5) is 11.4. The minimum Gasteiger partial charge on any atom is -0.494 e. The third kappa shape index (κ3) is 3.86. The number of imidazole rings is 1. The van der Waals surface area contributed by atoms with Crippen LogP contribution in [0.5, 0.6) is 5.75 Å². The predicted molar refractivity (Wildman–Crippen MR) is 100 cm³/mol. The Labute approximate surface area is 158 Å². The van der Waals surface area contributed by atoms with Crippen molar-refractivity contribution in [2.75, 3.05) is 26.2 Å². The van der Waals surface area contributed by atoms with E-state index in [1.807, 2.05) is 50.6 Å². The Bertz CT molecular complexity index is 872. The van der Waals surface area contributed by atoms with Gasteiger partial charge in [-0.3, -0.25) is 4.90 Å². The monoisotopic (exact) mass is 368 g/mol. The van der Waals surface area contributed by atoms with Crippen molar-refractivity contribution in [3.63, 3.8) is 0 Å². The molecular weight excluding hydrogens is 344 g/mol. The third-order valence-electron chi connectivity index (χ3n) is 4.74. The lowest BCUT2D eigenvalue weighted by Crippen LogP contribution is -2.46. The van der Waals surface area contributed by atoms with E-state index in [9.17, 15) is 0 Å². The van der Waals surface area contributed by atoms with Gasteiger partial charge < -0.3 is 19.1 Å². The van der Waals surface area contributed by atoms with Crippen LogP contribution in [0.15, 0.2) is 41.2 Å². The summed E-state index contributed by atoms with van der Waals surface area (Å²) >= 11 is 0. The van der Waals surface area contributed by atoms with Gasteiger partial charge in [-0.05, 0) is 31.2 Å². The molecule has 1 atom stereocenters. The van der Waals surface area contributed by atoms with Gasteiger partial charge in [0.1, 0.15) is 11.6 Å². The Morgan fingerprint density at radius 3 is 2.89 bits per heavy atom. The van der Waals surface area contributed by atoms with Crippen molar-refractivity contribution >= 4 is 0 Å². The first-order valence-corrected chi connectivity index (χ1v) is 9.22. The van der Waals surface area contributed by atoms with Crippen LogP contribution in [0.2, 0.25) is 0 Å². The maximum absolute atomic E-state index is 5.51. The molecule has 1 saturated heterocycles. The van der Waals surface area contributed by atoms with Gasteiger partial charge >= 0.3 is 0 Å². The molecule has 8 heteroatoms. The maximum Gasteiger partial charge on any atom is 0.241 e. The summed E-state index contributed by atoms with van der Waals surface area (Å²) < 4.78 is 13.0. The SMILES string of the molecule is CCOc1ccc(-c2noc(CN3CCNCC3c3nccn3C)n2)cc1. The molecule has 0 radical (unpaired) electrons. The van der Waals surface area contributed by atoms with Crippen molar-refractivity contribution in [2.24, 2.45) is 7.05 Å². The van der Waals surface area contributed by atoms with Crippen LogP contribution in [-0.4, -0.2) is 50.8 Å². The van der Waals surface area contributed by atoms with Crippen molar-refractivity contribution in [3.05, 3.63) is 48.4 Å². The fourth-order valence-electron chi connectivity index (χ4n) is 3.37. The molecule has 1 aliphatic rings. The van der Waals surface area contributed by atoms with Crippen LogP contribution in [0.4, 0.5) is 0 Å². The Morgan fingerprint density at radius 2 is 2.15 bits per heavy atom. The Morgan fingerprint density at radius 1 is 1.30 bits per heavy atom. The number of piperazine rings is 1. The Hall–Kier alpha value is -2.71. The number of benzene rings is 1. The minimum absolute atomic E-state index is 0.180. The van der Waals surface area contributed by atoms with E-state index in [1.165, 1.54) is 0 Å². The second-order valence-corrected chi connectivity index (χ2v) is 6.56. The van der Waals surface area contributed by atoms with Crippen LogP contribution in [0.25, 0.3) is 11.4 Å². The normalized spacial score (nSPS) is 17.9. The molecule has 2 aromatic heterocycles. The summed E-state index contributed by atoms with van der Waals surface area (Å²) in [7, 11) is 2.02. The van der Waals surface area contributed by atoms with E-state index in [1.54, 1.807) is 0 Å². The van der Waals surface area contributed by atoms with Gasteiger partial charge in [-0.2, -0.15) is 4.98 Å². The highest BCUT2D eigenvalue weighted by molar-refractivity contribution is 5.55. The number of hydrogen-bond acceptors (Lipinski definition) is 7. The average molecular weight is 368 g/mol. The quantitative estimate of drug-likeness (QED) is 0.713. The molecule has 0 aliphatic carbocycles. The lowest BCUT2D eigenvalue weighted by molar-refractivity contribution is 0.128. The molecule has 1 fully saturated rings. The molecule has 0 saturated carbocycles. The van der Waals surface area contributed by atoms with Crippen LogP contribution >= 0.6 is 0 Å². The summed E-state index contributed by atoms with van der Waals surface area (Å²) in [5, 5.41) is 7.58. The number of hydrogen-bond donors (Lipinski definition) is 1. The molecule has 27 heavy (non-hydrogen) atoms. The van der Waals surface area contributed by atoms with Gasteiger partial charge in [-0.15, -0.1) is 0 Å². The summed E-state index contributed by atoms with van der Waals surface area (Å²) in [6.07, 6.45) is 3.80. The van der Waals surface area contributed by atoms with Crippen LogP contribution in [0, 0.1) is 0 Å². The molecule has 1 aromatic carbocycles. The predicted octanol–water partition coefficient (Wildman–Crippen LogP) is 2.02. The van der Waals surface area contributed by atoms with Gasteiger partial charge in [-0.1, -0.05) is 5.16 Å². The van der Waals surface area contributed by atoms with Gasteiger partial charge in [0.15, 0.2) is 0 Å². The van der Waals surface area contributed by atoms with Crippen LogP contribution < -0.4 is 10.1 Å². The lowest BCUT2D eigenvalue weighted by Gasteiger charge is -2.34. The second kappa shape index (κ2) is 7.89. The molecule has 1 aliphatic heterocycles. The first-order chi connectivity index (χ1) is 13.2. The molecule has 0 bridgehead atoms. The number of nitrogens with one attached hydrogen (secondary N) is 1. The highest BCUT2D eigenvalue weighted by Crippen LogP contribution is 2.24. The van der Waals surface area contributed by atoms with E-state index < -0.39 is 0 Å². The lowest BCUT2D eigenvalue weighted by atomic mass is 10.1. The van der Waals surface area contributed by atoms with E-state index in [0.29, 0.717) is 24.9 Å². The highest BCUT2D eigenvalue weighted by atomic mass is 16.5. The van der Waals surface area contributed by atoms with Gasteiger partial charge in [0.2, 0.25) is 11.7 Å². The Balaban J connectivity index is 1.48. The van der Waals surface area contributed by atoms with Crippen LogP contribution in [0.3, 0.4) is 0 Å². The van der Waals surface area contributed by atoms with Gasteiger partial charge in [-0.25, -0.2) is 4.98 Å². The third-order valence-corrected chi connectivity index (χ3v) is 4.74. The maximum atomic E-state index is 5.51. The molecule has 1 unspecified atom stereocenters. The van der Waals surface area contributed by atoms with E-state index in [-0.39, 0.29) is 6.04 Å². The number of rotatable bonds is 6. The van der Waals surface area contributed by atoms with E-state index in [0.717, 1.165) is 36.8 Å². The molecule has 142 valence electrons. The molecule has 0 spiro atoms. The highest BCUT2D eigenvalue weighted by Gasteiger charge is 2.28. The average Bonchev–Trinajstić information content (AvgIpc) is 3.32. The second-order valence-electron chi connectivity index (χ2n) is 6.56. The van der Waals surface area contributed by atoms with Crippen molar-refractivity contribution in [1.82, 2.24) is 29.9 Å². The molecule has 4 rings (SSSR count). The van der Waals surface area contributed by atoms with Crippen LogP contribution in [-0.2, 0) is 13.6 Å². The standard InChI is InChI=1S/C19H24N6O2/c1-3-26-15-6-4-14(5-7-15)18-22-17(27-23-18)13-25-11-8-20-12-16(25)19-21-9-10-24(19)2/h4-7,9-10,16,20H,3,8,11-13H2,1-2H3. The largest absolute Gasteiger partial charge is 0.494 e. The molecule has 8 nitrogen and oxygen atoms in total. The van der Waals surface area contributed by atoms with Gasteiger partial charge in [0.25, 0.3) is 0 Å². The van der Waals surface area contributed by atoms with Crippen molar-refractivity contribution in [1.29, 1.82) is 0 Å². The molecule has 0 amide bonds. The zero-order valence-corrected chi connectivity index (χ0v) is 15.6. The summed E-state index contributed by atoms with van der Waals surface area (Å²) in [6.45, 7) is 5.90. The Kier molecular flexibility index (Phi) is 5.17. The van der Waals surface area contributed by atoms with Crippen LogP contribution in [0.1, 0.15) is 24.7 Å². The van der Waals surface area contributed by atoms with Crippen molar-refractivity contribution in [3.8, 4) is 17.1 Å². The van der Waals surface area contributed by atoms with Gasteiger partial charge in [0, 0.05) is 44.6 Å². The van der Waals surface area contributed by atoms with Crippen molar-refractivity contribution < 1.29 is 9.26 Å². The number of aryl methyl sites for hydroxylation is 1. The molecular formula is C19H24N6O2. The zero-order chi connectivity index (χ0) is 18.6. The first kappa shape index (κ1) is 17.7. The summed E-state index contributed by atoms with van der Waals surface area (Å²) in [5.74, 6) is 3.08. The van der Waals surface area contributed by atoms with E-state index in [2.05, 4.69) is 29.9 Å². The van der Waals surface area contributed by atoms with Gasteiger partial charge in [0.05, 0.1) is 19.2 Å². The molecule has 3 heterocycles. The summed E-state index contributed by atoms with van der Waals surface area (Å²) in [5.41, 5.74) is 0.911. The zero-order valence-electron chi connectivity index (χ0n) is 15.6. The smallest absolute Gasteiger partial charge is 0.241 e. The van der Waals surface area contributed by atoms with Crippen molar-refractivity contribution in [2.45, 2.75) is 19.5 Å². The molecule has 1 N–H and O–H groups in total. The number of nitrogens with zero attached hydrogens (tertiary/aromatic N) is 5. The fraction of sp³-hybridized carbons (Fsp3) is 0.421. The topological polar surface area (TPSA) is 81.2 Å². The molecule has 3 aromatic rings. The number of ether oxygens (including phenoxy) is 1. The number of aromatic nitrogens is 4. The summed E-state index contributed by atoms with van der Waals surface area (Å²) in [6, 6.07) is 7.91. The van der Waals surface area contributed by atoms with E-state index >= 15 is 0 Å². The fourth-order valence-corrected chi connectivity index (χ4v) is 3.37. The first-order valence-electron chi connectivity index (χ1n) is 9.22. The van der Waals surface area contributed by atoms with E-state index in [4.69, 9.17) is 9.26 Å².